The first-order valence-corrected chi connectivity index (χ1v) is 4.19. The van der Waals surface area contributed by atoms with Crippen LogP contribution in [0.4, 0.5) is 5.69 Å². The molecule has 1 rings (SSSR count). The fraction of sp³-hybridized carbons (Fsp3) is 0.222. The molecule has 0 spiro atoms. The van der Waals surface area contributed by atoms with Crippen LogP contribution in [0.5, 0.6) is 0 Å². The summed E-state index contributed by atoms with van der Waals surface area (Å²) in [6, 6.07) is 7.75. The van der Waals surface area contributed by atoms with Gasteiger partial charge in [0, 0.05) is 19.2 Å². The standard InChI is InChI=1S/C9H12N2S/c1-11-9(12)6-7-4-2-3-5-8(7)10/h2-5H,6,10H2,1H3,(H,11,12). The Bertz CT molecular complexity index is 284. The van der Waals surface area contributed by atoms with Gasteiger partial charge in [0.1, 0.15) is 0 Å². The highest BCUT2D eigenvalue weighted by molar-refractivity contribution is 7.80. The first kappa shape index (κ1) is 9.00. The van der Waals surface area contributed by atoms with Crippen LogP contribution in [0.2, 0.25) is 0 Å². The lowest BCUT2D eigenvalue weighted by atomic mass is 10.1. The summed E-state index contributed by atoms with van der Waals surface area (Å²) in [5, 5.41) is 2.92. The monoisotopic (exact) mass is 180 g/mol. The molecule has 0 aliphatic rings. The van der Waals surface area contributed by atoms with Crippen LogP contribution >= 0.6 is 12.2 Å². The molecule has 0 radical (unpaired) electrons. The molecule has 0 aromatic heterocycles. The van der Waals surface area contributed by atoms with E-state index in [0.717, 1.165) is 22.7 Å². The normalized spacial score (nSPS) is 9.42. The highest BCUT2D eigenvalue weighted by Crippen LogP contribution is 2.10. The van der Waals surface area contributed by atoms with Gasteiger partial charge in [0.05, 0.1) is 4.99 Å². The Kier molecular flexibility index (Phi) is 3.05. The SMILES string of the molecule is CNC(=S)Cc1ccccc1N. The van der Waals surface area contributed by atoms with Gasteiger partial charge in [-0.15, -0.1) is 0 Å². The fourth-order valence-electron chi connectivity index (χ4n) is 0.957. The van der Waals surface area contributed by atoms with Gasteiger partial charge >= 0.3 is 0 Å². The van der Waals surface area contributed by atoms with Crippen LogP contribution in [0.25, 0.3) is 0 Å². The number of hydrogen-bond acceptors (Lipinski definition) is 2. The molecule has 0 aliphatic heterocycles. The zero-order valence-corrected chi connectivity index (χ0v) is 7.82. The predicted molar refractivity (Wildman–Crippen MR) is 56.2 cm³/mol. The molecule has 0 unspecified atom stereocenters. The number of nitrogens with one attached hydrogen (secondary N) is 1. The first-order valence-electron chi connectivity index (χ1n) is 3.78. The lowest BCUT2D eigenvalue weighted by Crippen LogP contribution is -2.18. The van der Waals surface area contributed by atoms with Crippen molar-refractivity contribution < 1.29 is 0 Å². The lowest BCUT2D eigenvalue weighted by molar-refractivity contribution is 1.14. The van der Waals surface area contributed by atoms with Crippen LogP contribution in [0.1, 0.15) is 5.56 Å². The molecule has 3 N–H and O–H groups in total. The van der Waals surface area contributed by atoms with Gasteiger partial charge in [0.25, 0.3) is 0 Å². The number of anilines is 1. The molecule has 0 bridgehead atoms. The van der Waals surface area contributed by atoms with E-state index >= 15 is 0 Å². The van der Waals surface area contributed by atoms with Gasteiger partial charge in [-0.3, -0.25) is 0 Å². The Hall–Kier alpha value is -1.09. The minimum absolute atomic E-state index is 0.721. The maximum absolute atomic E-state index is 5.74. The van der Waals surface area contributed by atoms with E-state index in [1.165, 1.54) is 0 Å². The maximum atomic E-state index is 5.74. The van der Waals surface area contributed by atoms with E-state index in [2.05, 4.69) is 5.32 Å². The minimum atomic E-state index is 0.721. The molecule has 64 valence electrons. The zero-order valence-electron chi connectivity index (χ0n) is 7.00. The molecular weight excluding hydrogens is 168 g/mol. The van der Waals surface area contributed by atoms with Gasteiger partial charge in [0.2, 0.25) is 0 Å². The largest absolute Gasteiger partial charge is 0.398 e. The van der Waals surface area contributed by atoms with Crippen molar-refractivity contribution >= 4 is 22.9 Å². The molecule has 0 saturated heterocycles. The predicted octanol–water partition coefficient (Wildman–Crippen LogP) is 1.36. The van der Waals surface area contributed by atoms with Crippen molar-refractivity contribution in [3.05, 3.63) is 29.8 Å². The molecule has 1 aromatic rings. The summed E-state index contributed by atoms with van der Waals surface area (Å²) in [5.41, 5.74) is 7.62. The third kappa shape index (κ3) is 2.20. The van der Waals surface area contributed by atoms with Crippen molar-refractivity contribution in [2.24, 2.45) is 0 Å². The molecule has 2 nitrogen and oxygen atoms in total. The van der Waals surface area contributed by atoms with Crippen molar-refractivity contribution in [1.29, 1.82) is 0 Å². The first-order chi connectivity index (χ1) is 5.74. The average molecular weight is 180 g/mol. The number of likely N-dealkylation sites (N-methyl/N-ethyl adjacent to an activating group) is 1. The van der Waals surface area contributed by atoms with Crippen LogP contribution in [0.15, 0.2) is 24.3 Å². The van der Waals surface area contributed by atoms with Crippen molar-refractivity contribution in [3.8, 4) is 0 Å². The van der Waals surface area contributed by atoms with Gasteiger partial charge < -0.3 is 11.1 Å². The van der Waals surface area contributed by atoms with E-state index < -0.39 is 0 Å². The van der Waals surface area contributed by atoms with Crippen LogP contribution in [0, 0.1) is 0 Å². The van der Waals surface area contributed by atoms with E-state index in [1.807, 2.05) is 31.3 Å². The Morgan fingerprint density at radius 3 is 2.75 bits per heavy atom. The second-order valence-corrected chi connectivity index (χ2v) is 3.04. The molecule has 0 atom stereocenters. The van der Waals surface area contributed by atoms with Crippen molar-refractivity contribution in [2.45, 2.75) is 6.42 Å². The molecule has 0 aliphatic carbocycles. The lowest BCUT2D eigenvalue weighted by Gasteiger charge is -2.05. The Labute approximate surface area is 77.8 Å². The van der Waals surface area contributed by atoms with E-state index in [1.54, 1.807) is 0 Å². The van der Waals surface area contributed by atoms with E-state index in [4.69, 9.17) is 18.0 Å². The van der Waals surface area contributed by atoms with Crippen LogP contribution in [0.3, 0.4) is 0 Å². The van der Waals surface area contributed by atoms with E-state index in [-0.39, 0.29) is 0 Å². The van der Waals surface area contributed by atoms with Crippen LogP contribution in [-0.4, -0.2) is 12.0 Å². The molecule has 0 heterocycles. The van der Waals surface area contributed by atoms with Crippen molar-refractivity contribution in [2.75, 3.05) is 12.8 Å². The zero-order chi connectivity index (χ0) is 8.97. The van der Waals surface area contributed by atoms with Crippen LogP contribution < -0.4 is 11.1 Å². The second kappa shape index (κ2) is 4.07. The number of thiocarbonyl (C=S) groups is 1. The Morgan fingerprint density at radius 2 is 2.17 bits per heavy atom. The van der Waals surface area contributed by atoms with Gasteiger partial charge in [0.15, 0.2) is 0 Å². The third-order valence-electron chi connectivity index (χ3n) is 1.68. The van der Waals surface area contributed by atoms with Gasteiger partial charge in [-0.2, -0.15) is 0 Å². The maximum Gasteiger partial charge on any atom is 0.0795 e. The highest BCUT2D eigenvalue weighted by atomic mass is 32.1. The number of benzene rings is 1. The molecule has 3 heteroatoms. The summed E-state index contributed by atoms with van der Waals surface area (Å²) >= 11 is 5.03. The molecule has 1 aromatic carbocycles. The summed E-state index contributed by atoms with van der Waals surface area (Å²) in [4.78, 5) is 0.813. The van der Waals surface area contributed by atoms with E-state index in [9.17, 15) is 0 Å². The van der Waals surface area contributed by atoms with Gasteiger partial charge in [-0.1, -0.05) is 30.4 Å². The molecule has 0 saturated carbocycles. The average Bonchev–Trinajstić information content (AvgIpc) is 2.09. The van der Waals surface area contributed by atoms with Crippen LogP contribution in [-0.2, 0) is 6.42 Å². The number of para-hydroxylation sites is 1. The summed E-state index contributed by atoms with van der Waals surface area (Å²) in [6.07, 6.45) is 0.721. The van der Waals surface area contributed by atoms with Crippen molar-refractivity contribution in [1.82, 2.24) is 5.32 Å². The number of nitrogens with two attached hydrogens (primary N) is 1. The summed E-state index contributed by atoms with van der Waals surface area (Å²) < 4.78 is 0. The third-order valence-corrected chi connectivity index (χ3v) is 2.03. The smallest absolute Gasteiger partial charge is 0.0795 e. The fourth-order valence-corrected chi connectivity index (χ4v) is 1.11. The van der Waals surface area contributed by atoms with Gasteiger partial charge in [-0.05, 0) is 11.6 Å². The Balaban J connectivity index is 2.75. The van der Waals surface area contributed by atoms with Gasteiger partial charge in [-0.25, -0.2) is 0 Å². The number of hydrogen-bond donors (Lipinski definition) is 2. The summed E-state index contributed by atoms with van der Waals surface area (Å²) in [5.74, 6) is 0. The molecule has 12 heavy (non-hydrogen) atoms. The second-order valence-electron chi connectivity index (χ2n) is 2.55. The topological polar surface area (TPSA) is 38.0 Å². The molecule has 0 fully saturated rings. The Morgan fingerprint density at radius 1 is 1.50 bits per heavy atom. The van der Waals surface area contributed by atoms with Crippen molar-refractivity contribution in [3.63, 3.8) is 0 Å². The number of rotatable bonds is 2. The quantitative estimate of drug-likeness (QED) is 0.533. The number of nitrogen functional groups attached to an aromatic ring is 1. The summed E-state index contributed by atoms with van der Waals surface area (Å²) in [6.45, 7) is 0. The minimum Gasteiger partial charge on any atom is -0.398 e. The van der Waals surface area contributed by atoms with E-state index in [0.29, 0.717) is 0 Å². The molecule has 0 amide bonds. The molecular formula is C9H12N2S. The summed E-state index contributed by atoms with van der Waals surface area (Å²) in [7, 11) is 1.82. The highest BCUT2D eigenvalue weighted by Gasteiger charge is 1.99.